The first kappa shape index (κ1) is 21.6. The van der Waals surface area contributed by atoms with E-state index in [1.807, 2.05) is 36.4 Å². The molecule has 1 amide bonds. The molecular formula is C27H27NO4. The fourth-order valence-electron chi connectivity index (χ4n) is 3.93. The van der Waals surface area contributed by atoms with Gasteiger partial charge in [-0.1, -0.05) is 60.7 Å². The molecule has 0 bridgehead atoms. The van der Waals surface area contributed by atoms with Crippen LogP contribution in [-0.2, 0) is 4.79 Å². The highest BCUT2D eigenvalue weighted by Crippen LogP contribution is 2.31. The molecule has 0 saturated heterocycles. The molecule has 4 rings (SSSR count). The molecule has 0 aliphatic carbocycles. The molecule has 0 radical (unpaired) electrons. The maximum Gasteiger partial charge on any atom is 0.220 e. The average molecular weight is 430 g/mol. The first-order valence-electron chi connectivity index (χ1n) is 11.0. The van der Waals surface area contributed by atoms with Gasteiger partial charge in [-0.3, -0.25) is 9.59 Å². The normalized spacial score (nSPS) is 12.4. The quantitative estimate of drug-likeness (QED) is 0.498. The number of carbonyl (C=O) groups excluding carboxylic acids is 2. The van der Waals surface area contributed by atoms with Crippen molar-refractivity contribution < 1.29 is 19.1 Å². The van der Waals surface area contributed by atoms with Crippen LogP contribution in [0, 0.1) is 0 Å². The summed E-state index contributed by atoms with van der Waals surface area (Å²) in [5.74, 6) is 1.24. The van der Waals surface area contributed by atoms with Gasteiger partial charge in [-0.15, -0.1) is 0 Å². The van der Waals surface area contributed by atoms with E-state index in [9.17, 15) is 9.59 Å². The number of fused-ring (bicyclic) bond motifs is 1. The van der Waals surface area contributed by atoms with Gasteiger partial charge in [0, 0.05) is 30.9 Å². The van der Waals surface area contributed by atoms with Crippen LogP contribution in [0.25, 0.3) is 0 Å². The Morgan fingerprint density at radius 1 is 0.781 bits per heavy atom. The lowest BCUT2D eigenvalue weighted by atomic mass is 9.88. The van der Waals surface area contributed by atoms with E-state index in [4.69, 9.17) is 9.47 Å². The smallest absolute Gasteiger partial charge is 0.220 e. The predicted octanol–water partition coefficient (Wildman–Crippen LogP) is 4.76. The Morgan fingerprint density at radius 3 is 2.06 bits per heavy atom. The largest absolute Gasteiger partial charge is 0.486 e. The van der Waals surface area contributed by atoms with Gasteiger partial charge in [-0.25, -0.2) is 0 Å². The number of amides is 1. The van der Waals surface area contributed by atoms with E-state index < -0.39 is 0 Å². The highest BCUT2D eigenvalue weighted by molar-refractivity contribution is 5.98. The number of Topliss-reactive ketones (excluding diaryl/α,β-unsaturated/α-hetero) is 1. The number of benzene rings is 3. The second-order valence-corrected chi connectivity index (χ2v) is 7.79. The first-order valence-corrected chi connectivity index (χ1v) is 11.0. The van der Waals surface area contributed by atoms with Gasteiger partial charge in [0.1, 0.15) is 13.2 Å². The Balaban J connectivity index is 1.28. The number of carbonyl (C=O) groups is 2. The number of nitrogens with one attached hydrogen (secondary N) is 1. The SMILES string of the molecule is O=C(CCC(=O)c1ccc2c(c1)OCCO2)NCCC(c1ccccc1)c1ccccc1. The standard InChI is InChI=1S/C27H27NO4/c29-24(22-11-13-25-26(19-22)32-18-17-31-25)12-14-27(30)28-16-15-23(20-7-3-1-4-8-20)21-9-5-2-6-10-21/h1-11,13,19,23H,12,14-18H2,(H,28,30). The van der Waals surface area contributed by atoms with E-state index in [1.54, 1.807) is 18.2 Å². The van der Waals surface area contributed by atoms with Gasteiger partial charge in [0.2, 0.25) is 5.91 Å². The molecule has 0 fully saturated rings. The summed E-state index contributed by atoms with van der Waals surface area (Å²) in [4.78, 5) is 24.9. The summed E-state index contributed by atoms with van der Waals surface area (Å²) in [7, 11) is 0. The van der Waals surface area contributed by atoms with E-state index in [2.05, 4.69) is 29.6 Å². The van der Waals surface area contributed by atoms with Crippen LogP contribution in [0.3, 0.4) is 0 Å². The molecule has 0 unspecified atom stereocenters. The Hall–Kier alpha value is -3.60. The number of ketones is 1. The lowest BCUT2D eigenvalue weighted by Gasteiger charge is -2.19. The Labute approximate surface area is 188 Å². The summed E-state index contributed by atoms with van der Waals surface area (Å²) in [6.45, 7) is 1.53. The summed E-state index contributed by atoms with van der Waals surface area (Å²) >= 11 is 0. The summed E-state index contributed by atoms with van der Waals surface area (Å²) < 4.78 is 11.0. The summed E-state index contributed by atoms with van der Waals surface area (Å²) in [6, 6.07) is 25.8. The number of hydrogen-bond acceptors (Lipinski definition) is 4. The van der Waals surface area contributed by atoms with Crippen LogP contribution in [-0.4, -0.2) is 31.4 Å². The van der Waals surface area contributed by atoms with Crippen molar-refractivity contribution in [2.75, 3.05) is 19.8 Å². The highest BCUT2D eigenvalue weighted by Gasteiger charge is 2.17. The number of hydrogen-bond donors (Lipinski definition) is 1. The second-order valence-electron chi connectivity index (χ2n) is 7.79. The van der Waals surface area contributed by atoms with Crippen LogP contribution < -0.4 is 14.8 Å². The second kappa shape index (κ2) is 10.6. The van der Waals surface area contributed by atoms with Crippen LogP contribution in [0.5, 0.6) is 11.5 Å². The van der Waals surface area contributed by atoms with Crippen molar-refractivity contribution in [2.45, 2.75) is 25.2 Å². The van der Waals surface area contributed by atoms with Gasteiger partial charge >= 0.3 is 0 Å². The molecule has 0 atom stereocenters. The van der Waals surface area contributed by atoms with Crippen LogP contribution in [0.1, 0.15) is 46.7 Å². The zero-order valence-electron chi connectivity index (χ0n) is 18.0. The van der Waals surface area contributed by atoms with Crippen molar-refractivity contribution in [3.05, 3.63) is 95.6 Å². The van der Waals surface area contributed by atoms with Gasteiger partial charge in [0.05, 0.1) is 0 Å². The number of rotatable bonds is 9. The molecular weight excluding hydrogens is 402 g/mol. The average Bonchev–Trinajstić information content (AvgIpc) is 2.86. The molecule has 1 aliphatic heterocycles. The van der Waals surface area contributed by atoms with Crippen LogP contribution in [0.2, 0.25) is 0 Å². The fraction of sp³-hybridized carbons (Fsp3) is 0.259. The molecule has 3 aromatic rings. The zero-order valence-corrected chi connectivity index (χ0v) is 18.0. The van der Waals surface area contributed by atoms with Crippen molar-refractivity contribution in [1.29, 1.82) is 0 Å². The maximum absolute atomic E-state index is 12.5. The van der Waals surface area contributed by atoms with Gasteiger partial charge in [-0.2, -0.15) is 0 Å². The third-order valence-electron chi connectivity index (χ3n) is 5.60. The summed E-state index contributed by atoms with van der Waals surface area (Å²) in [5.41, 5.74) is 2.98. The molecule has 5 nitrogen and oxygen atoms in total. The van der Waals surface area contributed by atoms with Crippen molar-refractivity contribution in [2.24, 2.45) is 0 Å². The van der Waals surface area contributed by atoms with Gasteiger partial charge in [0.15, 0.2) is 17.3 Å². The van der Waals surface area contributed by atoms with Crippen molar-refractivity contribution in [1.82, 2.24) is 5.32 Å². The van der Waals surface area contributed by atoms with Crippen LogP contribution in [0.4, 0.5) is 0 Å². The molecule has 0 aromatic heterocycles. The Bertz CT molecular complexity index is 1010. The highest BCUT2D eigenvalue weighted by atomic mass is 16.6. The molecule has 1 N–H and O–H groups in total. The molecule has 32 heavy (non-hydrogen) atoms. The van der Waals surface area contributed by atoms with E-state index in [0.717, 1.165) is 6.42 Å². The topological polar surface area (TPSA) is 64.6 Å². The minimum atomic E-state index is -0.115. The Morgan fingerprint density at radius 2 is 1.41 bits per heavy atom. The third kappa shape index (κ3) is 5.55. The lowest BCUT2D eigenvalue weighted by molar-refractivity contribution is -0.121. The van der Waals surface area contributed by atoms with Gasteiger partial charge in [-0.05, 0) is 35.7 Å². The van der Waals surface area contributed by atoms with Crippen molar-refractivity contribution in [3.63, 3.8) is 0 Å². The predicted molar refractivity (Wildman–Crippen MR) is 123 cm³/mol. The summed E-state index contributed by atoms with van der Waals surface area (Å²) in [6.07, 6.45) is 1.11. The minimum absolute atomic E-state index is 0.0800. The minimum Gasteiger partial charge on any atom is -0.486 e. The molecule has 0 saturated carbocycles. The van der Waals surface area contributed by atoms with E-state index >= 15 is 0 Å². The molecule has 164 valence electrons. The van der Waals surface area contributed by atoms with E-state index in [-0.39, 0.29) is 30.4 Å². The zero-order chi connectivity index (χ0) is 22.2. The monoisotopic (exact) mass is 429 g/mol. The molecule has 1 aliphatic rings. The third-order valence-corrected chi connectivity index (χ3v) is 5.60. The molecule has 1 heterocycles. The van der Waals surface area contributed by atoms with Gasteiger partial charge < -0.3 is 14.8 Å². The van der Waals surface area contributed by atoms with Crippen molar-refractivity contribution >= 4 is 11.7 Å². The fourth-order valence-corrected chi connectivity index (χ4v) is 3.93. The molecule has 3 aromatic carbocycles. The molecule has 0 spiro atoms. The van der Waals surface area contributed by atoms with Crippen molar-refractivity contribution in [3.8, 4) is 11.5 Å². The molecule has 5 heteroatoms. The van der Waals surface area contributed by atoms with Gasteiger partial charge in [0.25, 0.3) is 0 Å². The first-order chi connectivity index (χ1) is 15.7. The summed E-state index contributed by atoms with van der Waals surface area (Å²) in [5, 5.41) is 2.97. The van der Waals surface area contributed by atoms with E-state index in [1.165, 1.54) is 11.1 Å². The van der Waals surface area contributed by atoms with E-state index in [0.29, 0.717) is 36.8 Å². The van der Waals surface area contributed by atoms with Crippen LogP contribution >= 0.6 is 0 Å². The number of ether oxygens (including phenoxy) is 2. The Kier molecular flexibility index (Phi) is 7.18. The lowest BCUT2D eigenvalue weighted by Crippen LogP contribution is -2.26. The maximum atomic E-state index is 12.5. The van der Waals surface area contributed by atoms with Crippen LogP contribution in [0.15, 0.2) is 78.9 Å².